The Morgan fingerprint density at radius 1 is 1.14 bits per heavy atom. The van der Waals surface area contributed by atoms with Crippen molar-refractivity contribution >= 4 is 40.4 Å². The molecule has 1 atom stereocenters. The fraction of sp³-hybridized carbons (Fsp3) is 0.143. The van der Waals surface area contributed by atoms with Crippen molar-refractivity contribution in [2.45, 2.75) is 20.0 Å². The van der Waals surface area contributed by atoms with Crippen molar-refractivity contribution in [1.29, 1.82) is 0 Å². The highest BCUT2D eigenvalue weighted by atomic mass is 35.5. The highest BCUT2D eigenvalue weighted by molar-refractivity contribution is 6.30. The van der Waals surface area contributed by atoms with Crippen LogP contribution in [-0.2, 0) is 9.53 Å². The first-order valence-electron chi connectivity index (χ1n) is 8.74. The molecule has 148 valence electrons. The van der Waals surface area contributed by atoms with Crippen LogP contribution < -0.4 is 11.1 Å². The van der Waals surface area contributed by atoms with Crippen molar-refractivity contribution in [3.63, 3.8) is 0 Å². The SMILES string of the molecule is Cc1c(-c2cccc(Cl)c2)nc2ccccc2c1C(=O)O[C@H](C)C(=O)NC(N)=O. The molecule has 8 heteroatoms. The molecule has 2 aromatic carbocycles. The third kappa shape index (κ3) is 4.35. The summed E-state index contributed by atoms with van der Waals surface area (Å²) in [6.45, 7) is 3.10. The molecule has 1 heterocycles. The summed E-state index contributed by atoms with van der Waals surface area (Å²) in [4.78, 5) is 40.4. The number of aromatic nitrogens is 1. The number of esters is 1. The fourth-order valence-corrected chi connectivity index (χ4v) is 3.17. The molecule has 29 heavy (non-hydrogen) atoms. The van der Waals surface area contributed by atoms with Gasteiger partial charge in [-0.05, 0) is 37.6 Å². The van der Waals surface area contributed by atoms with Crippen LogP contribution in [0.2, 0.25) is 5.02 Å². The molecule has 0 aliphatic heterocycles. The standard InChI is InChI=1S/C21H18ClN3O4/c1-11-17(20(27)29-12(2)19(26)25-21(23)28)15-8-3-4-9-16(15)24-18(11)13-6-5-7-14(22)10-13/h3-10,12H,1-2H3,(H3,23,25,26,28)/t12-/m1/s1. The van der Waals surface area contributed by atoms with E-state index < -0.39 is 24.0 Å². The van der Waals surface area contributed by atoms with E-state index in [1.54, 1.807) is 43.3 Å². The van der Waals surface area contributed by atoms with Crippen molar-refractivity contribution < 1.29 is 19.1 Å². The van der Waals surface area contributed by atoms with Gasteiger partial charge >= 0.3 is 12.0 Å². The van der Waals surface area contributed by atoms with Crippen LogP contribution in [0, 0.1) is 6.92 Å². The number of carbonyl (C=O) groups is 3. The molecular weight excluding hydrogens is 394 g/mol. The average Bonchev–Trinajstić information content (AvgIpc) is 2.66. The summed E-state index contributed by atoms with van der Waals surface area (Å²) in [5, 5.41) is 3.02. The van der Waals surface area contributed by atoms with Crippen molar-refractivity contribution in [3.05, 3.63) is 64.7 Å². The summed E-state index contributed by atoms with van der Waals surface area (Å²) >= 11 is 6.11. The molecule has 3 amide bonds. The number of urea groups is 1. The van der Waals surface area contributed by atoms with Crippen LogP contribution in [-0.4, -0.2) is 29.0 Å². The normalized spacial score (nSPS) is 11.7. The number of halogens is 1. The number of primary amides is 1. The zero-order valence-corrected chi connectivity index (χ0v) is 16.5. The molecule has 1 aromatic heterocycles. The van der Waals surface area contributed by atoms with Crippen molar-refractivity contribution in [1.82, 2.24) is 10.3 Å². The quantitative estimate of drug-likeness (QED) is 0.637. The molecule has 0 unspecified atom stereocenters. The van der Waals surface area contributed by atoms with Crippen LogP contribution in [0.25, 0.3) is 22.2 Å². The Labute approximate surface area is 171 Å². The Kier molecular flexibility index (Phi) is 5.79. The Hall–Kier alpha value is -3.45. The predicted molar refractivity (Wildman–Crippen MR) is 110 cm³/mol. The lowest BCUT2D eigenvalue weighted by atomic mass is 9.98. The minimum Gasteiger partial charge on any atom is -0.449 e. The molecule has 0 saturated carbocycles. The number of pyridine rings is 1. The van der Waals surface area contributed by atoms with Gasteiger partial charge in [0.25, 0.3) is 5.91 Å². The van der Waals surface area contributed by atoms with E-state index in [4.69, 9.17) is 22.1 Å². The summed E-state index contributed by atoms with van der Waals surface area (Å²) in [5.74, 6) is -1.52. The maximum absolute atomic E-state index is 13.0. The third-order valence-corrected chi connectivity index (χ3v) is 4.57. The third-order valence-electron chi connectivity index (χ3n) is 4.34. The number of fused-ring (bicyclic) bond motifs is 1. The number of ether oxygens (including phenoxy) is 1. The summed E-state index contributed by atoms with van der Waals surface area (Å²) in [7, 11) is 0. The maximum atomic E-state index is 13.0. The van der Waals surface area contributed by atoms with E-state index in [9.17, 15) is 14.4 Å². The first-order valence-corrected chi connectivity index (χ1v) is 9.12. The minimum absolute atomic E-state index is 0.282. The van der Waals surface area contributed by atoms with Crippen LogP contribution in [0.4, 0.5) is 4.79 Å². The molecule has 3 N–H and O–H groups in total. The van der Waals surface area contributed by atoms with Gasteiger partial charge in [0.2, 0.25) is 0 Å². The second kappa shape index (κ2) is 8.28. The molecule has 3 aromatic rings. The zero-order valence-electron chi connectivity index (χ0n) is 15.7. The Bertz CT molecular complexity index is 1130. The number of nitrogens with two attached hydrogens (primary N) is 1. The van der Waals surface area contributed by atoms with Gasteiger partial charge in [0.05, 0.1) is 16.8 Å². The summed E-state index contributed by atoms with van der Waals surface area (Å²) in [6, 6.07) is 13.2. The summed E-state index contributed by atoms with van der Waals surface area (Å²) < 4.78 is 5.29. The van der Waals surface area contributed by atoms with Gasteiger partial charge < -0.3 is 10.5 Å². The number of carbonyl (C=O) groups excluding carboxylic acids is 3. The Morgan fingerprint density at radius 3 is 2.55 bits per heavy atom. The van der Waals surface area contributed by atoms with Crippen LogP contribution in [0.5, 0.6) is 0 Å². The number of benzene rings is 2. The van der Waals surface area contributed by atoms with Gasteiger partial charge in [0.1, 0.15) is 0 Å². The first kappa shape index (κ1) is 20.3. The van der Waals surface area contributed by atoms with Crippen LogP contribution in [0.3, 0.4) is 0 Å². The summed E-state index contributed by atoms with van der Waals surface area (Å²) in [6.07, 6.45) is -1.21. The molecule has 0 saturated heterocycles. The number of hydrogen-bond donors (Lipinski definition) is 2. The van der Waals surface area contributed by atoms with Gasteiger partial charge in [0.15, 0.2) is 6.10 Å². The average molecular weight is 412 g/mol. The zero-order chi connectivity index (χ0) is 21.1. The minimum atomic E-state index is -1.21. The summed E-state index contributed by atoms with van der Waals surface area (Å²) in [5.41, 5.74) is 7.71. The largest absolute Gasteiger partial charge is 0.449 e. The number of imide groups is 1. The van der Waals surface area contributed by atoms with E-state index in [1.165, 1.54) is 6.92 Å². The van der Waals surface area contributed by atoms with E-state index in [1.807, 2.05) is 17.4 Å². The smallest absolute Gasteiger partial charge is 0.339 e. The van der Waals surface area contributed by atoms with Crippen LogP contribution >= 0.6 is 11.6 Å². The van der Waals surface area contributed by atoms with Gasteiger partial charge in [-0.1, -0.05) is 41.9 Å². The molecule has 0 aliphatic rings. The van der Waals surface area contributed by atoms with E-state index in [0.29, 0.717) is 27.2 Å². The van der Waals surface area contributed by atoms with Crippen LogP contribution in [0.1, 0.15) is 22.8 Å². The number of nitrogens with zero attached hydrogens (tertiary/aromatic N) is 1. The predicted octanol–water partition coefficient (Wildman–Crippen LogP) is 3.60. The van der Waals surface area contributed by atoms with Gasteiger partial charge in [-0.15, -0.1) is 0 Å². The van der Waals surface area contributed by atoms with E-state index in [0.717, 1.165) is 5.56 Å². The molecule has 0 radical (unpaired) electrons. The molecule has 3 rings (SSSR count). The molecule has 0 aliphatic carbocycles. The highest BCUT2D eigenvalue weighted by Gasteiger charge is 2.24. The molecule has 0 fully saturated rings. The fourth-order valence-electron chi connectivity index (χ4n) is 2.98. The van der Waals surface area contributed by atoms with Gasteiger partial charge in [-0.2, -0.15) is 0 Å². The lowest BCUT2D eigenvalue weighted by Gasteiger charge is -2.17. The lowest BCUT2D eigenvalue weighted by Crippen LogP contribution is -2.42. The monoisotopic (exact) mass is 411 g/mol. The number of amides is 3. The van der Waals surface area contributed by atoms with Crippen molar-refractivity contribution in [3.8, 4) is 11.3 Å². The Balaban J connectivity index is 2.09. The number of hydrogen-bond acceptors (Lipinski definition) is 5. The highest BCUT2D eigenvalue weighted by Crippen LogP contribution is 2.31. The second-order valence-electron chi connectivity index (χ2n) is 6.39. The first-order chi connectivity index (χ1) is 13.8. The van der Waals surface area contributed by atoms with Crippen molar-refractivity contribution in [2.24, 2.45) is 5.73 Å². The number of nitrogens with one attached hydrogen (secondary N) is 1. The molecule has 7 nitrogen and oxygen atoms in total. The number of rotatable bonds is 4. The molecular formula is C21H18ClN3O4. The van der Waals surface area contributed by atoms with Crippen molar-refractivity contribution in [2.75, 3.05) is 0 Å². The second-order valence-corrected chi connectivity index (χ2v) is 6.83. The lowest BCUT2D eigenvalue weighted by molar-refractivity contribution is -0.127. The van der Waals surface area contributed by atoms with E-state index in [-0.39, 0.29) is 5.56 Å². The number of para-hydroxylation sites is 1. The van der Waals surface area contributed by atoms with Crippen LogP contribution in [0.15, 0.2) is 48.5 Å². The molecule has 0 spiro atoms. The Morgan fingerprint density at radius 2 is 1.86 bits per heavy atom. The van der Waals surface area contributed by atoms with Gasteiger partial charge in [-0.3, -0.25) is 10.1 Å². The van der Waals surface area contributed by atoms with Gasteiger partial charge in [0, 0.05) is 16.0 Å². The van der Waals surface area contributed by atoms with E-state index in [2.05, 4.69) is 4.98 Å². The maximum Gasteiger partial charge on any atom is 0.339 e. The topological polar surface area (TPSA) is 111 Å². The molecule has 0 bridgehead atoms. The van der Waals surface area contributed by atoms with E-state index >= 15 is 0 Å². The van der Waals surface area contributed by atoms with Gasteiger partial charge in [-0.25, -0.2) is 14.6 Å².